The molecule has 8 heteroatoms. The van der Waals surface area contributed by atoms with Gasteiger partial charge in [0.05, 0.1) is 34.8 Å². The number of aromatic nitrogens is 2. The Balaban J connectivity index is 2.26. The van der Waals surface area contributed by atoms with E-state index in [0.717, 1.165) is 5.69 Å². The van der Waals surface area contributed by atoms with E-state index in [4.69, 9.17) is 0 Å². The molecule has 7 nitrogen and oxygen atoms in total. The Kier molecular flexibility index (Phi) is 4.46. The topological polar surface area (TPSA) is 84.2 Å². The molecule has 0 bridgehead atoms. The van der Waals surface area contributed by atoms with E-state index in [0.29, 0.717) is 24.7 Å². The summed E-state index contributed by atoms with van der Waals surface area (Å²) in [6.07, 6.45) is 0. The van der Waals surface area contributed by atoms with Crippen LogP contribution in [0.5, 0.6) is 0 Å². The zero-order valence-corrected chi connectivity index (χ0v) is 12.1. The monoisotopic (exact) mass is 293 g/mol. The maximum absolute atomic E-state index is 11.0. The number of thiazole rings is 1. The third-order valence-electron chi connectivity index (χ3n) is 2.64. The van der Waals surface area contributed by atoms with Crippen molar-refractivity contribution in [3.8, 4) is 0 Å². The number of nitro groups is 1. The second-order valence-electron chi connectivity index (χ2n) is 4.19. The van der Waals surface area contributed by atoms with Gasteiger partial charge >= 0.3 is 0 Å². The van der Waals surface area contributed by atoms with Crippen molar-refractivity contribution in [3.05, 3.63) is 38.8 Å². The molecule has 0 saturated heterocycles. The fraction of sp³-hybridized carbons (Fsp3) is 0.333. The highest BCUT2D eigenvalue weighted by atomic mass is 32.1. The fourth-order valence-corrected chi connectivity index (χ4v) is 2.26. The first-order valence-electron chi connectivity index (χ1n) is 6.08. The molecule has 1 N–H and O–H groups in total. The molecular weight excluding hydrogens is 278 g/mol. The lowest BCUT2D eigenvalue weighted by Crippen LogP contribution is -2.18. The van der Waals surface area contributed by atoms with Crippen LogP contribution in [0.1, 0.15) is 12.6 Å². The summed E-state index contributed by atoms with van der Waals surface area (Å²) in [5.41, 5.74) is 2.69. The van der Waals surface area contributed by atoms with E-state index >= 15 is 0 Å². The average Bonchev–Trinajstić information content (AvgIpc) is 2.91. The van der Waals surface area contributed by atoms with E-state index in [9.17, 15) is 10.1 Å². The van der Waals surface area contributed by atoms with Gasteiger partial charge in [-0.3, -0.25) is 10.1 Å². The molecule has 0 fully saturated rings. The maximum atomic E-state index is 11.0. The van der Waals surface area contributed by atoms with Crippen molar-refractivity contribution < 1.29 is 4.92 Å². The van der Waals surface area contributed by atoms with Gasteiger partial charge in [-0.05, 0) is 6.92 Å². The molecule has 106 valence electrons. The summed E-state index contributed by atoms with van der Waals surface area (Å²) in [6.45, 7) is 3.13. The minimum absolute atomic E-state index is 0.0241. The van der Waals surface area contributed by atoms with E-state index in [-0.39, 0.29) is 5.69 Å². The van der Waals surface area contributed by atoms with E-state index in [2.05, 4.69) is 15.3 Å². The van der Waals surface area contributed by atoms with Crippen LogP contribution in [0.25, 0.3) is 0 Å². The maximum Gasteiger partial charge on any atom is 0.276 e. The van der Waals surface area contributed by atoms with Crippen LogP contribution in [0.2, 0.25) is 0 Å². The molecule has 0 aromatic carbocycles. The molecule has 0 aliphatic carbocycles. The SMILES string of the molecule is CCNc1cc([N+](=O)[O-])cc(N(C)Cc2cscn2)n1. The summed E-state index contributed by atoms with van der Waals surface area (Å²) in [5.74, 6) is 1.05. The van der Waals surface area contributed by atoms with Gasteiger partial charge in [0.25, 0.3) is 5.69 Å². The molecule has 0 amide bonds. The predicted octanol–water partition coefficient (Wildman–Crippen LogP) is 2.51. The molecule has 2 heterocycles. The molecule has 0 aliphatic rings. The first-order chi connectivity index (χ1) is 9.60. The molecule has 2 aromatic heterocycles. The highest BCUT2D eigenvalue weighted by Gasteiger charge is 2.14. The third kappa shape index (κ3) is 3.41. The van der Waals surface area contributed by atoms with Crippen LogP contribution in [0, 0.1) is 10.1 Å². The summed E-state index contributed by atoms with van der Waals surface area (Å²) >= 11 is 1.52. The molecule has 20 heavy (non-hydrogen) atoms. The Hall–Kier alpha value is -2.22. The normalized spacial score (nSPS) is 10.3. The number of rotatable bonds is 6. The minimum Gasteiger partial charge on any atom is -0.370 e. The minimum atomic E-state index is -0.414. The molecule has 0 radical (unpaired) electrons. The van der Waals surface area contributed by atoms with Crippen molar-refractivity contribution in [1.82, 2.24) is 9.97 Å². The number of nitrogens with zero attached hydrogens (tertiary/aromatic N) is 4. The van der Waals surface area contributed by atoms with Gasteiger partial charge in [-0.25, -0.2) is 9.97 Å². The van der Waals surface area contributed by atoms with E-state index in [1.165, 1.54) is 23.5 Å². The Bertz CT molecular complexity index is 588. The Morgan fingerprint density at radius 3 is 2.90 bits per heavy atom. The zero-order valence-electron chi connectivity index (χ0n) is 11.2. The van der Waals surface area contributed by atoms with E-state index < -0.39 is 4.92 Å². The molecule has 0 aliphatic heterocycles. The van der Waals surface area contributed by atoms with Gasteiger partial charge in [0.15, 0.2) is 0 Å². The summed E-state index contributed by atoms with van der Waals surface area (Å²) in [4.78, 5) is 21.0. The second kappa shape index (κ2) is 6.29. The number of pyridine rings is 1. The quantitative estimate of drug-likeness (QED) is 0.650. The molecule has 2 rings (SSSR count). The summed E-state index contributed by atoms with van der Waals surface area (Å²) in [6, 6.07) is 2.90. The molecule has 0 saturated carbocycles. The highest BCUT2D eigenvalue weighted by Crippen LogP contribution is 2.23. The summed E-state index contributed by atoms with van der Waals surface area (Å²) in [7, 11) is 1.83. The van der Waals surface area contributed by atoms with Crippen LogP contribution in [0.4, 0.5) is 17.3 Å². The van der Waals surface area contributed by atoms with Crippen molar-refractivity contribution in [2.45, 2.75) is 13.5 Å². The predicted molar refractivity (Wildman–Crippen MR) is 79.3 cm³/mol. The number of anilines is 2. The van der Waals surface area contributed by atoms with Crippen LogP contribution >= 0.6 is 11.3 Å². The number of hydrogen-bond donors (Lipinski definition) is 1. The molecule has 2 aromatic rings. The Labute approximate surface area is 120 Å². The van der Waals surface area contributed by atoms with Crippen molar-refractivity contribution in [1.29, 1.82) is 0 Å². The van der Waals surface area contributed by atoms with Gasteiger partial charge in [-0.2, -0.15) is 0 Å². The lowest BCUT2D eigenvalue weighted by molar-refractivity contribution is -0.384. The fourth-order valence-electron chi connectivity index (χ4n) is 1.71. The summed E-state index contributed by atoms with van der Waals surface area (Å²) in [5, 5.41) is 15.9. The first-order valence-corrected chi connectivity index (χ1v) is 7.03. The van der Waals surface area contributed by atoms with Crippen LogP contribution in [-0.4, -0.2) is 28.5 Å². The van der Waals surface area contributed by atoms with Crippen LogP contribution in [-0.2, 0) is 6.54 Å². The van der Waals surface area contributed by atoms with Gasteiger partial charge in [0.1, 0.15) is 11.6 Å². The molecule has 0 atom stereocenters. The average molecular weight is 293 g/mol. The van der Waals surface area contributed by atoms with Crippen molar-refractivity contribution >= 4 is 28.7 Å². The zero-order chi connectivity index (χ0) is 14.5. The van der Waals surface area contributed by atoms with Gasteiger partial charge < -0.3 is 10.2 Å². The van der Waals surface area contributed by atoms with Gasteiger partial charge in [0, 0.05) is 19.0 Å². The van der Waals surface area contributed by atoms with Gasteiger partial charge in [-0.15, -0.1) is 11.3 Å². The second-order valence-corrected chi connectivity index (χ2v) is 4.91. The van der Waals surface area contributed by atoms with Gasteiger partial charge in [0.2, 0.25) is 0 Å². The third-order valence-corrected chi connectivity index (χ3v) is 3.27. The van der Waals surface area contributed by atoms with Crippen molar-refractivity contribution in [3.63, 3.8) is 0 Å². The molecular formula is C12H15N5O2S. The Morgan fingerprint density at radius 2 is 2.30 bits per heavy atom. The van der Waals surface area contributed by atoms with Crippen LogP contribution < -0.4 is 10.2 Å². The van der Waals surface area contributed by atoms with Crippen molar-refractivity contribution in [2.24, 2.45) is 0 Å². The Morgan fingerprint density at radius 1 is 1.50 bits per heavy atom. The van der Waals surface area contributed by atoms with Crippen LogP contribution in [0.15, 0.2) is 23.0 Å². The number of hydrogen-bond acceptors (Lipinski definition) is 7. The van der Waals surface area contributed by atoms with E-state index in [1.807, 2.05) is 24.3 Å². The van der Waals surface area contributed by atoms with Crippen LogP contribution in [0.3, 0.4) is 0 Å². The standard InChI is InChI=1S/C12H15N5O2S/c1-3-13-11-4-10(17(18)19)5-12(15-11)16(2)6-9-7-20-8-14-9/h4-5,7-8H,3,6H2,1-2H3,(H,13,15). The highest BCUT2D eigenvalue weighted by molar-refractivity contribution is 7.07. The summed E-state index contributed by atoms with van der Waals surface area (Å²) < 4.78 is 0. The first kappa shape index (κ1) is 14.2. The van der Waals surface area contributed by atoms with Gasteiger partial charge in [-0.1, -0.05) is 0 Å². The number of nitrogens with one attached hydrogen (secondary N) is 1. The van der Waals surface area contributed by atoms with E-state index in [1.54, 1.807) is 5.51 Å². The van der Waals surface area contributed by atoms with Crippen molar-refractivity contribution in [2.75, 3.05) is 23.8 Å². The molecule has 0 spiro atoms. The molecule has 0 unspecified atom stereocenters. The lowest BCUT2D eigenvalue weighted by atomic mass is 10.3. The smallest absolute Gasteiger partial charge is 0.276 e. The largest absolute Gasteiger partial charge is 0.370 e. The lowest BCUT2D eigenvalue weighted by Gasteiger charge is -2.17.